The standard InChI is InChI=1S/C19H30ClNO2/c1-13-5-4-6-19(14(13)2)21-11-18(22)12-23-15(3)16-7-9-17(20)10-8-16/h7-10,13-15,18-19,21-22H,4-6,11-12H2,1-3H3/p+1/t13-,14-,15+,18+,19-/m1/s1. The van der Waals surface area contributed by atoms with Gasteiger partial charge < -0.3 is 15.2 Å². The van der Waals surface area contributed by atoms with Crippen LogP contribution in [-0.4, -0.2) is 30.4 Å². The number of hydrogen-bond donors (Lipinski definition) is 2. The molecule has 1 aliphatic carbocycles. The molecule has 1 fully saturated rings. The predicted octanol–water partition coefficient (Wildman–Crippen LogP) is 3.17. The highest BCUT2D eigenvalue weighted by atomic mass is 35.5. The van der Waals surface area contributed by atoms with Crippen LogP contribution < -0.4 is 5.32 Å². The van der Waals surface area contributed by atoms with E-state index in [1.807, 2.05) is 31.2 Å². The first-order chi connectivity index (χ1) is 11.0. The highest BCUT2D eigenvalue weighted by molar-refractivity contribution is 6.30. The number of ether oxygens (including phenoxy) is 1. The fourth-order valence-corrected chi connectivity index (χ4v) is 3.57. The topological polar surface area (TPSA) is 46.1 Å². The van der Waals surface area contributed by atoms with Crippen LogP contribution in [0.15, 0.2) is 24.3 Å². The van der Waals surface area contributed by atoms with Gasteiger partial charge in [-0.2, -0.15) is 0 Å². The van der Waals surface area contributed by atoms with E-state index in [4.69, 9.17) is 16.3 Å². The second-order valence-electron chi connectivity index (χ2n) is 7.08. The average molecular weight is 341 g/mol. The van der Waals surface area contributed by atoms with Gasteiger partial charge in [0.1, 0.15) is 12.6 Å². The fourth-order valence-electron chi connectivity index (χ4n) is 3.44. The monoisotopic (exact) mass is 340 g/mol. The third kappa shape index (κ3) is 5.75. The smallest absolute Gasteiger partial charge is 0.126 e. The van der Waals surface area contributed by atoms with E-state index < -0.39 is 6.10 Å². The van der Waals surface area contributed by atoms with Gasteiger partial charge >= 0.3 is 0 Å². The Labute approximate surface area is 145 Å². The highest BCUT2D eigenvalue weighted by Crippen LogP contribution is 2.27. The van der Waals surface area contributed by atoms with Crippen LogP contribution >= 0.6 is 11.6 Å². The summed E-state index contributed by atoms with van der Waals surface area (Å²) in [5, 5.41) is 13.2. The summed E-state index contributed by atoms with van der Waals surface area (Å²) in [4.78, 5) is 0. The molecule has 0 aromatic heterocycles. The lowest BCUT2D eigenvalue weighted by Gasteiger charge is -2.32. The van der Waals surface area contributed by atoms with Crippen LogP contribution in [0.4, 0.5) is 0 Å². The molecule has 3 N–H and O–H groups in total. The predicted molar refractivity (Wildman–Crippen MR) is 94.6 cm³/mol. The molecule has 0 heterocycles. The SMILES string of the molecule is C[C@@H]1[C@H](C)CCC[C@H]1[NH2+]C[C@H](O)CO[C@@H](C)c1ccc(Cl)cc1. The van der Waals surface area contributed by atoms with Gasteiger partial charge in [-0.1, -0.05) is 37.6 Å². The number of rotatable bonds is 7. The fraction of sp³-hybridized carbons (Fsp3) is 0.684. The van der Waals surface area contributed by atoms with E-state index in [0.29, 0.717) is 12.6 Å². The van der Waals surface area contributed by atoms with Crippen molar-refractivity contribution in [3.05, 3.63) is 34.9 Å². The Kier molecular flexibility index (Phi) is 7.35. The van der Waals surface area contributed by atoms with Gasteiger partial charge in [-0.05, 0) is 49.8 Å². The van der Waals surface area contributed by atoms with Crippen LogP contribution in [-0.2, 0) is 4.74 Å². The average Bonchev–Trinajstić information content (AvgIpc) is 2.54. The van der Waals surface area contributed by atoms with Crippen molar-refractivity contribution < 1.29 is 15.2 Å². The Morgan fingerprint density at radius 3 is 2.65 bits per heavy atom. The summed E-state index contributed by atoms with van der Waals surface area (Å²) in [5.41, 5.74) is 1.08. The first kappa shape index (κ1) is 18.7. The van der Waals surface area contributed by atoms with Crippen molar-refractivity contribution in [2.24, 2.45) is 11.8 Å². The summed E-state index contributed by atoms with van der Waals surface area (Å²) >= 11 is 5.90. The van der Waals surface area contributed by atoms with Gasteiger partial charge in [-0.3, -0.25) is 0 Å². The Hall–Kier alpha value is -0.610. The lowest BCUT2D eigenvalue weighted by molar-refractivity contribution is -0.704. The zero-order chi connectivity index (χ0) is 16.8. The number of benzene rings is 1. The summed E-state index contributed by atoms with van der Waals surface area (Å²) in [6, 6.07) is 8.31. The van der Waals surface area contributed by atoms with Crippen LogP contribution in [0.25, 0.3) is 0 Å². The molecule has 1 aromatic rings. The van der Waals surface area contributed by atoms with Crippen molar-refractivity contribution in [2.75, 3.05) is 13.2 Å². The minimum Gasteiger partial charge on any atom is -0.385 e. The van der Waals surface area contributed by atoms with E-state index in [1.54, 1.807) is 0 Å². The number of hydrogen-bond acceptors (Lipinski definition) is 2. The van der Waals surface area contributed by atoms with Crippen molar-refractivity contribution in [1.29, 1.82) is 0 Å². The lowest BCUT2D eigenvalue weighted by atomic mass is 9.78. The van der Waals surface area contributed by atoms with Crippen molar-refractivity contribution >= 4 is 11.6 Å². The zero-order valence-corrected chi connectivity index (χ0v) is 15.3. The molecular weight excluding hydrogens is 310 g/mol. The van der Waals surface area contributed by atoms with E-state index in [9.17, 15) is 5.11 Å². The molecule has 5 atom stereocenters. The lowest BCUT2D eigenvalue weighted by Crippen LogP contribution is -2.93. The number of quaternary nitrogens is 1. The first-order valence-electron chi connectivity index (χ1n) is 8.85. The van der Waals surface area contributed by atoms with Crippen LogP contribution in [0, 0.1) is 11.8 Å². The molecule has 1 aromatic carbocycles. The molecule has 2 rings (SSSR count). The molecule has 0 radical (unpaired) electrons. The summed E-state index contributed by atoms with van der Waals surface area (Å²) in [5.74, 6) is 1.52. The van der Waals surface area contributed by atoms with Gasteiger partial charge in [0.05, 0.1) is 18.8 Å². The van der Waals surface area contributed by atoms with Crippen LogP contribution in [0.5, 0.6) is 0 Å². The number of halogens is 1. The van der Waals surface area contributed by atoms with Gasteiger partial charge in [0.15, 0.2) is 0 Å². The Morgan fingerprint density at radius 2 is 1.96 bits per heavy atom. The number of aliphatic hydroxyl groups is 1. The van der Waals surface area contributed by atoms with E-state index in [-0.39, 0.29) is 6.10 Å². The molecular formula is C19H31ClNO2+. The Bertz CT molecular complexity index is 465. The van der Waals surface area contributed by atoms with Gasteiger partial charge in [0, 0.05) is 10.9 Å². The van der Waals surface area contributed by atoms with Gasteiger partial charge in [0.25, 0.3) is 0 Å². The van der Waals surface area contributed by atoms with Crippen molar-refractivity contribution in [2.45, 2.75) is 58.3 Å². The summed E-state index contributed by atoms with van der Waals surface area (Å²) in [6.07, 6.45) is 3.47. The molecule has 0 spiro atoms. The Balaban J connectivity index is 1.70. The largest absolute Gasteiger partial charge is 0.385 e. The van der Waals surface area contributed by atoms with Crippen LogP contribution in [0.2, 0.25) is 5.02 Å². The van der Waals surface area contributed by atoms with E-state index in [1.165, 1.54) is 19.3 Å². The van der Waals surface area contributed by atoms with E-state index >= 15 is 0 Å². The van der Waals surface area contributed by atoms with Gasteiger partial charge in [-0.25, -0.2) is 0 Å². The molecule has 0 unspecified atom stereocenters. The molecule has 0 aliphatic heterocycles. The molecule has 0 bridgehead atoms. The van der Waals surface area contributed by atoms with Crippen molar-refractivity contribution in [3.63, 3.8) is 0 Å². The first-order valence-corrected chi connectivity index (χ1v) is 9.23. The summed E-state index contributed by atoms with van der Waals surface area (Å²) in [6.45, 7) is 7.78. The maximum Gasteiger partial charge on any atom is 0.126 e. The zero-order valence-electron chi connectivity index (χ0n) is 14.5. The molecule has 1 saturated carbocycles. The molecule has 4 heteroatoms. The third-order valence-electron chi connectivity index (χ3n) is 5.36. The quantitative estimate of drug-likeness (QED) is 0.800. The summed E-state index contributed by atoms with van der Waals surface area (Å²) < 4.78 is 5.80. The highest BCUT2D eigenvalue weighted by Gasteiger charge is 2.30. The summed E-state index contributed by atoms with van der Waals surface area (Å²) in [7, 11) is 0. The molecule has 1 aliphatic rings. The third-order valence-corrected chi connectivity index (χ3v) is 5.61. The molecule has 3 nitrogen and oxygen atoms in total. The maximum absolute atomic E-state index is 10.2. The Morgan fingerprint density at radius 1 is 1.26 bits per heavy atom. The second-order valence-corrected chi connectivity index (χ2v) is 7.52. The maximum atomic E-state index is 10.2. The minimum absolute atomic E-state index is 0.0319. The number of nitrogens with two attached hydrogens (primary N) is 1. The van der Waals surface area contributed by atoms with Crippen molar-refractivity contribution in [3.8, 4) is 0 Å². The molecule has 23 heavy (non-hydrogen) atoms. The van der Waals surface area contributed by atoms with Gasteiger partial charge in [0.2, 0.25) is 0 Å². The molecule has 130 valence electrons. The van der Waals surface area contributed by atoms with E-state index in [0.717, 1.165) is 29.0 Å². The van der Waals surface area contributed by atoms with E-state index in [2.05, 4.69) is 19.2 Å². The minimum atomic E-state index is -0.422. The second kappa shape index (κ2) is 9.03. The normalized spacial score (nSPS) is 27.6. The number of aliphatic hydroxyl groups excluding tert-OH is 1. The van der Waals surface area contributed by atoms with Crippen LogP contribution in [0.1, 0.15) is 51.7 Å². The van der Waals surface area contributed by atoms with Crippen molar-refractivity contribution in [1.82, 2.24) is 0 Å². The van der Waals surface area contributed by atoms with Crippen LogP contribution in [0.3, 0.4) is 0 Å². The molecule has 0 amide bonds. The van der Waals surface area contributed by atoms with Gasteiger partial charge in [-0.15, -0.1) is 0 Å². The molecule has 0 saturated heterocycles.